The van der Waals surface area contributed by atoms with Crippen molar-refractivity contribution in [2.45, 2.75) is 37.8 Å². The Kier molecular flexibility index (Phi) is 4.18. The minimum absolute atomic E-state index is 0.115. The van der Waals surface area contributed by atoms with E-state index in [9.17, 15) is 9.18 Å². The number of rotatable bonds is 7. The van der Waals surface area contributed by atoms with Crippen molar-refractivity contribution in [3.05, 3.63) is 35.9 Å². The summed E-state index contributed by atoms with van der Waals surface area (Å²) in [6.07, 6.45) is 6.63. The van der Waals surface area contributed by atoms with Crippen LogP contribution in [0, 0.1) is 5.82 Å². The second kappa shape index (κ2) is 6.87. The molecule has 0 spiro atoms. The zero-order chi connectivity index (χ0) is 20.0. The molecule has 10 heteroatoms. The third kappa shape index (κ3) is 3.65. The van der Waals surface area contributed by atoms with Crippen LogP contribution in [-0.4, -0.2) is 44.7 Å². The van der Waals surface area contributed by atoms with Crippen LogP contribution < -0.4 is 20.7 Å². The number of hydrogen-bond acceptors (Lipinski definition) is 7. The van der Waals surface area contributed by atoms with E-state index in [-0.39, 0.29) is 18.1 Å². The summed E-state index contributed by atoms with van der Waals surface area (Å²) in [6.45, 7) is 0. The van der Waals surface area contributed by atoms with Gasteiger partial charge in [-0.05, 0) is 25.7 Å². The number of carbonyl (C=O) groups excluding carboxylic acids is 1. The fourth-order valence-corrected chi connectivity index (χ4v) is 2.95. The third-order valence-electron chi connectivity index (χ3n) is 4.77. The van der Waals surface area contributed by atoms with Crippen molar-refractivity contribution < 1.29 is 13.9 Å². The average Bonchev–Trinajstić information content (AvgIpc) is 3.63. The van der Waals surface area contributed by atoms with E-state index in [4.69, 9.17) is 4.74 Å². The van der Waals surface area contributed by atoms with E-state index >= 15 is 0 Å². The second-order valence-electron chi connectivity index (χ2n) is 7.27. The van der Waals surface area contributed by atoms with Gasteiger partial charge in [0.1, 0.15) is 34.8 Å². The van der Waals surface area contributed by atoms with Gasteiger partial charge in [0.05, 0.1) is 12.4 Å². The lowest BCUT2D eigenvalue weighted by atomic mass is 10.3. The van der Waals surface area contributed by atoms with Crippen LogP contribution in [0.1, 0.15) is 36.0 Å². The number of aromatic nitrogens is 4. The summed E-state index contributed by atoms with van der Waals surface area (Å²) in [7, 11) is 1.75. The first kappa shape index (κ1) is 17.7. The van der Waals surface area contributed by atoms with Crippen LogP contribution in [0.25, 0.3) is 5.65 Å². The first-order valence-electron chi connectivity index (χ1n) is 9.57. The molecule has 3 heterocycles. The van der Waals surface area contributed by atoms with Crippen LogP contribution in [0.4, 0.5) is 21.7 Å². The fourth-order valence-electron chi connectivity index (χ4n) is 2.95. The second-order valence-corrected chi connectivity index (χ2v) is 7.27. The summed E-state index contributed by atoms with van der Waals surface area (Å²) in [4.78, 5) is 21.1. The van der Waals surface area contributed by atoms with Gasteiger partial charge in [-0.15, -0.1) is 0 Å². The topological polar surface area (TPSA) is 105 Å². The van der Waals surface area contributed by atoms with Crippen molar-refractivity contribution in [3.8, 4) is 5.88 Å². The molecular formula is C19H20FN7O2. The predicted molar refractivity (Wildman–Crippen MR) is 104 cm³/mol. The van der Waals surface area contributed by atoms with Gasteiger partial charge in [0.25, 0.3) is 5.91 Å². The van der Waals surface area contributed by atoms with Gasteiger partial charge in [-0.1, -0.05) is 0 Å². The molecule has 2 aliphatic rings. The number of hydrogen-bond donors (Lipinski definition) is 3. The van der Waals surface area contributed by atoms with E-state index in [1.54, 1.807) is 17.6 Å². The van der Waals surface area contributed by atoms with E-state index in [1.165, 1.54) is 12.3 Å². The molecule has 1 amide bonds. The molecule has 9 nitrogen and oxygen atoms in total. The Balaban J connectivity index is 1.51. The Morgan fingerprint density at radius 3 is 2.79 bits per heavy atom. The highest BCUT2D eigenvalue weighted by Gasteiger charge is 2.27. The number of nitrogens with one attached hydrogen (secondary N) is 3. The molecule has 0 bridgehead atoms. The van der Waals surface area contributed by atoms with Crippen molar-refractivity contribution in [2.24, 2.45) is 0 Å². The number of pyridine rings is 1. The first-order chi connectivity index (χ1) is 14.1. The number of nitrogens with zero attached hydrogens (tertiary/aromatic N) is 4. The highest BCUT2D eigenvalue weighted by atomic mass is 19.1. The van der Waals surface area contributed by atoms with Gasteiger partial charge in [0.15, 0.2) is 5.65 Å². The summed E-state index contributed by atoms with van der Waals surface area (Å²) in [5.74, 6) is 0.661. The van der Waals surface area contributed by atoms with Gasteiger partial charge in [-0.2, -0.15) is 9.61 Å². The van der Waals surface area contributed by atoms with E-state index < -0.39 is 5.82 Å². The van der Waals surface area contributed by atoms with Gasteiger partial charge >= 0.3 is 0 Å². The van der Waals surface area contributed by atoms with E-state index in [1.807, 2.05) is 0 Å². The zero-order valence-corrected chi connectivity index (χ0v) is 15.8. The molecule has 0 unspecified atom stereocenters. The highest BCUT2D eigenvalue weighted by Crippen LogP contribution is 2.32. The standard InChI is InChI=1S/C19H20FN7O2/c1-21-16-7-15(25-14-6-10(20)8-22-19(14)29-12-4-5-12)26-17-13(9-23-27(16)17)18(28)24-11-2-3-11/h6-9,11-12,21H,2-5H2,1H3,(H,24,28)(H,25,26). The molecule has 0 radical (unpaired) electrons. The average molecular weight is 397 g/mol. The van der Waals surface area contributed by atoms with Gasteiger partial charge < -0.3 is 20.7 Å². The Morgan fingerprint density at radius 1 is 1.24 bits per heavy atom. The van der Waals surface area contributed by atoms with Crippen LogP contribution in [-0.2, 0) is 0 Å². The molecule has 2 aliphatic carbocycles. The van der Waals surface area contributed by atoms with Crippen LogP contribution in [0.2, 0.25) is 0 Å². The Morgan fingerprint density at radius 2 is 2.07 bits per heavy atom. The Bertz CT molecular complexity index is 1090. The smallest absolute Gasteiger partial charge is 0.256 e. The van der Waals surface area contributed by atoms with Crippen LogP contribution >= 0.6 is 0 Å². The summed E-state index contributed by atoms with van der Waals surface area (Å²) in [5, 5.41) is 13.3. The summed E-state index contributed by atoms with van der Waals surface area (Å²) in [6, 6.07) is 3.25. The minimum Gasteiger partial charge on any atom is -0.473 e. The lowest BCUT2D eigenvalue weighted by molar-refractivity contribution is 0.0952. The highest BCUT2D eigenvalue weighted by molar-refractivity contribution is 6.00. The molecule has 5 rings (SSSR count). The Hall–Kier alpha value is -3.43. The summed E-state index contributed by atoms with van der Waals surface area (Å²) in [5.41, 5.74) is 1.15. The quantitative estimate of drug-likeness (QED) is 0.562. The molecule has 3 aromatic rings. The number of fused-ring (bicyclic) bond motifs is 1. The molecule has 150 valence electrons. The van der Waals surface area contributed by atoms with Crippen LogP contribution in [0.3, 0.4) is 0 Å². The van der Waals surface area contributed by atoms with Gasteiger partial charge in [-0.25, -0.2) is 14.4 Å². The maximum absolute atomic E-state index is 13.8. The number of ether oxygens (including phenoxy) is 1. The van der Waals surface area contributed by atoms with Gasteiger partial charge in [-0.3, -0.25) is 4.79 Å². The van der Waals surface area contributed by atoms with Crippen molar-refractivity contribution in [1.82, 2.24) is 24.9 Å². The van der Waals surface area contributed by atoms with Crippen molar-refractivity contribution in [2.75, 3.05) is 17.7 Å². The summed E-state index contributed by atoms with van der Waals surface area (Å²) < 4.78 is 21.1. The van der Waals surface area contributed by atoms with Crippen molar-refractivity contribution in [3.63, 3.8) is 0 Å². The normalized spacial score (nSPS) is 15.9. The molecule has 3 N–H and O–H groups in total. The predicted octanol–water partition coefficient (Wildman–Crippen LogP) is 2.48. The molecular weight excluding hydrogens is 377 g/mol. The van der Waals surface area contributed by atoms with Crippen molar-refractivity contribution >= 4 is 28.9 Å². The Labute approximate surface area is 165 Å². The molecule has 29 heavy (non-hydrogen) atoms. The van der Waals surface area contributed by atoms with Crippen molar-refractivity contribution in [1.29, 1.82) is 0 Å². The largest absolute Gasteiger partial charge is 0.473 e. The number of anilines is 3. The van der Waals surface area contributed by atoms with E-state index in [0.717, 1.165) is 31.9 Å². The monoisotopic (exact) mass is 397 g/mol. The zero-order valence-electron chi connectivity index (χ0n) is 15.8. The van der Waals surface area contributed by atoms with Gasteiger partial charge in [0.2, 0.25) is 5.88 Å². The summed E-state index contributed by atoms with van der Waals surface area (Å²) >= 11 is 0. The number of carbonyl (C=O) groups is 1. The molecule has 2 saturated carbocycles. The van der Waals surface area contributed by atoms with E-state index in [2.05, 4.69) is 31.0 Å². The van der Waals surface area contributed by atoms with Crippen LogP contribution in [0.15, 0.2) is 24.5 Å². The maximum Gasteiger partial charge on any atom is 0.256 e. The molecule has 3 aromatic heterocycles. The fraction of sp³-hybridized carbons (Fsp3) is 0.368. The maximum atomic E-state index is 13.8. The SMILES string of the molecule is CNc1cc(Nc2cc(F)cnc2OC2CC2)nc2c(C(=O)NC3CC3)cnn12. The molecule has 0 atom stereocenters. The lowest BCUT2D eigenvalue weighted by Gasteiger charge is -2.13. The first-order valence-corrected chi connectivity index (χ1v) is 9.57. The number of amides is 1. The number of halogens is 1. The lowest BCUT2D eigenvalue weighted by Crippen LogP contribution is -2.25. The third-order valence-corrected chi connectivity index (χ3v) is 4.77. The molecule has 0 aromatic carbocycles. The van der Waals surface area contributed by atoms with Gasteiger partial charge in [0, 0.05) is 25.2 Å². The van der Waals surface area contributed by atoms with E-state index in [0.29, 0.717) is 34.4 Å². The van der Waals surface area contributed by atoms with Crippen LogP contribution in [0.5, 0.6) is 5.88 Å². The molecule has 0 saturated heterocycles. The molecule has 2 fully saturated rings. The molecule has 0 aliphatic heterocycles. The minimum atomic E-state index is -0.487.